The summed E-state index contributed by atoms with van der Waals surface area (Å²) in [6, 6.07) is 9.66. The Morgan fingerprint density at radius 1 is 1.08 bits per heavy atom. The molecule has 1 aromatic carbocycles. The molecule has 1 rings (SSSR count). The molecule has 7 heteroatoms. The van der Waals surface area contributed by atoms with E-state index < -0.39 is 19.4 Å². The molecule has 0 heterocycles. The lowest BCUT2D eigenvalue weighted by Crippen LogP contribution is -2.32. The van der Waals surface area contributed by atoms with E-state index >= 15 is 0 Å². The summed E-state index contributed by atoms with van der Waals surface area (Å²) in [7, 11) is -3.48. The lowest BCUT2D eigenvalue weighted by atomic mass is 10.2. The van der Waals surface area contributed by atoms with E-state index in [0.717, 1.165) is 5.56 Å². The van der Waals surface area contributed by atoms with Crippen LogP contribution >= 0.6 is 7.60 Å². The molecule has 0 N–H and O–H groups in total. The van der Waals surface area contributed by atoms with Crippen molar-refractivity contribution >= 4 is 13.4 Å². The Morgan fingerprint density at radius 2 is 1.67 bits per heavy atom. The van der Waals surface area contributed by atoms with E-state index in [4.69, 9.17) is 18.5 Å². The molecular formula is C17H27O6P. The summed E-state index contributed by atoms with van der Waals surface area (Å²) in [5.41, 5.74) is 0.132. The molecular weight excluding hydrogens is 331 g/mol. The average molecular weight is 358 g/mol. The number of carbonyl (C=O) groups is 1. The Balaban J connectivity index is 2.46. The number of ether oxygens (including phenoxy) is 2. The van der Waals surface area contributed by atoms with Gasteiger partial charge in [0.2, 0.25) is 0 Å². The van der Waals surface area contributed by atoms with E-state index in [0.29, 0.717) is 6.61 Å². The maximum Gasteiger partial charge on any atom is 0.340 e. The van der Waals surface area contributed by atoms with Crippen molar-refractivity contribution < 1.29 is 27.9 Å². The van der Waals surface area contributed by atoms with Crippen molar-refractivity contribution in [3.05, 3.63) is 35.9 Å². The van der Waals surface area contributed by atoms with Crippen LogP contribution in [0.3, 0.4) is 0 Å². The molecule has 0 radical (unpaired) electrons. The highest BCUT2D eigenvalue weighted by Gasteiger charge is 2.39. The fourth-order valence-corrected chi connectivity index (χ4v) is 3.85. The molecule has 0 bridgehead atoms. The van der Waals surface area contributed by atoms with Gasteiger partial charge in [0.15, 0.2) is 5.78 Å². The summed E-state index contributed by atoms with van der Waals surface area (Å²) < 4.78 is 33.8. The predicted octanol–water partition coefficient (Wildman–Crippen LogP) is 3.79. The smallest absolute Gasteiger partial charge is 0.340 e. The summed E-state index contributed by atoms with van der Waals surface area (Å²) in [5.74, 6) is -0.330. The number of carbonyl (C=O) groups excluding carboxylic acids is 1. The molecule has 0 fully saturated rings. The Labute approximate surface area is 144 Å². The highest BCUT2D eigenvalue weighted by molar-refractivity contribution is 7.55. The van der Waals surface area contributed by atoms with Crippen LogP contribution in [-0.4, -0.2) is 37.6 Å². The SMILES string of the molecule is CCOP(=O)(OCC)C(C)C(=O)[C@@H](C)OCOCc1ccccc1. The third-order valence-corrected chi connectivity index (χ3v) is 5.86. The molecule has 136 valence electrons. The lowest BCUT2D eigenvalue weighted by molar-refractivity contribution is -0.141. The largest absolute Gasteiger partial charge is 0.351 e. The van der Waals surface area contributed by atoms with Gasteiger partial charge in [0.1, 0.15) is 18.6 Å². The van der Waals surface area contributed by atoms with E-state index in [9.17, 15) is 9.36 Å². The monoisotopic (exact) mass is 358 g/mol. The second-order valence-electron chi connectivity index (χ2n) is 5.21. The van der Waals surface area contributed by atoms with Crippen molar-refractivity contribution in [2.45, 2.75) is 46.1 Å². The van der Waals surface area contributed by atoms with Gasteiger partial charge in [-0.3, -0.25) is 9.36 Å². The van der Waals surface area contributed by atoms with Crippen molar-refractivity contribution in [1.82, 2.24) is 0 Å². The minimum absolute atomic E-state index is 0.0257. The normalized spacial score (nSPS) is 14.3. The number of rotatable bonds is 12. The quantitative estimate of drug-likeness (QED) is 0.322. The van der Waals surface area contributed by atoms with Crippen molar-refractivity contribution in [3.63, 3.8) is 0 Å². The van der Waals surface area contributed by atoms with Crippen molar-refractivity contribution in [1.29, 1.82) is 0 Å². The van der Waals surface area contributed by atoms with E-state index in [2.05, 4.69) is 0 Å². The summed E-state index contributed by atoms with van der Waals surface area (Å²) >= 11 is 0. The van der Waals surface area contributed by atoms with Gasteiger partial charge in [-0.2, -0.15) is 0 Å². The van der Waals surface area contributed by atoms with E-state index in [1.54, 1.807) is 27.7 Å². The third kappa shape index (κ3) is 6.46. The highest BCUT2D eigenvalue weighted by Crippen LogP contribution is 2.53. The summed E-state index contributed by atoms with van der Waals surface area (Å²) in [5, 5.41) is 0. The molecule has 6 nitrogen and oxygen atoms in total. The van der Waals surface area contributed by atoms with Crippen molar-refractivity contribution in [3.8, 4) is 0 Å². The number of ketones is 1. The van der Waals surface area contributed by atoms with Crippen molar-refractivity contribution in [2.75, 3.05) is 20.0 Å². The number of hydrogen-bond donors (Lipinski definition) is 0. The molecule has 0 aliphatic carbocycles. The highest BCUT2D eigenvalue weighted by atomic mass is 31.2. The van der Waals surface area contributed by atoms with Gasteiger partial charge in [-0.25, -0.2) is 0 Å². The number of Topliss-reactive ketones (excluding diaryl/α,β-unsaturated/α-hetero) is 1. The van der Waals surface area contributed by atoms with Gasteiger partial charge in [0.25, 0.3) is 0 Å². The van der Waals surface area contributed by atoms with Crippen LogP contribution in [0.2, 0.25) is 0 Å². The summed E-state index contributed by atoms with van der Waals surface area (Å²) in [4.78, 5) is 12.4. The van der Waals surface area contributed by atoms with Crippen LogP contribution in [0.15, 0.2) is 30.3 Å². The predicted molar refractivity (Wildman–Crippen MR) is 92.0 cm³/mol. The van der Waals surface area contributed by atoms with Crippen LogP contribution in [0.1, 0.15) is 33.3 Å². The molecule has 0 amide bonds. The zero-order valence-electron chi connectivity index (χ0n) is 14.8. The Bertz CT molecular complexity index is 523. The maximum absolute atomic E-state index is 12.6. The minimum atomic E-state index is -3.48. The van der Waals surface area contributed by atoms with Crippen LogP contribution < -0.4 is 0 Å². The molecule has 24 heavy (non-hydrogen) atoms. The molecule has 0 spiro atoms. The van der Waals surface area contributed by atoms with Crippen LogP contribution in [0.25, 0.3) is 0 Å². The minimum Gasteiger partial charge on any atom is -0.351 e. The molecule has 0 aliphatic heterocycles. The molecule has 0 saturated heterocycles. The number of hydrogen-bond acceptors (Lipinski definition) is 6. The lowest BCUT2D eigenvalue weighted by Gasteiger charge is -2.24. The van der Waals surface area contributed by atoms with Crippen LogP contribution in [-0.2, 0) is 34.5 Å². The van der Waals surface area contributed by atoms with E-state index in [-0.39, 0.29) is 25.8 Å². The van der Waals surface area contributed by atoms with Gasteiger partial charge in [0, 0.05) is 0 Å². The first-order chi connectivity index (χ1) is 11.4. The Kier molecular flexibility index (Phi) is 9.41. The Hall–Kier alpha value is -1.04. The Morgan fingerprint density at radius 3 is 2.21 bits per heavy atom. The van der Waals surface area contributed by atoms with Gasteiger partial charge >= 0.3 is 7.60 Å². The van der Waals surface area contributed by atoms with Gasteiger partial charge in [-0.05, 0) is 33.3 Å². The van der Waals surface area contributed by atoms with E-state index in [1.807, 2.05) is 30.3 Å². The van der Waals surface area contributed by atoms with Crippen LogP contribution in [0, 0.1) is 0 Å². The van der Waals surface area contributed by atoms with Crippen LogP contribution in [0.4, 0.5) is 0 Å². The summed E-state index contributed by atoms with van der Waals surface area (Å²) in [6.07, 6.45) is -0.759. The van der Waals surface area contributed by atoms with E-state index in [1.165, 1.54) is 0 Å². The van der Waals surface area contributed by atoms with Gasteiger partial charge in [0.05, 0.1) is 19.8 Å². The average Bonchev–Trinajstić information content (AvgIpc) is 2.58. The van der Waals surface area contributed by atoms with Crippen LogP contribution in [0.5, 0.6) is 0 Å². The van der Waals surface area contributed by atoms with Gasteiger partial charge in [-0.15, -0.1) is 0 Å². The first-order valence-corrected chi connectivity index (χ1v) is 9.71. The topological polar surface area (TPSA) is 71.1 Å². The van der Waals surface area contributed by atoms with Gasteiger partial charge < -0.3 is 18.5 Å². The molecule has 0 saturated carbocycles. The fraction of sp³-hybridized carbons (Fsp3) is 0.588. The van der Waals surface area contributed by atoms with Crippen molar-refractivity contribution in [2.24, 2.45) is 0 Å². The second kappa shape index (κ2) is 10.7. The first kappa shape index (κ1) is 21.0. The second-order valence-corrected chi connectivity index (χ2v) is 7.59. The molecule has 2 atom stereocenters. The zero-order valence-corrected chi connectivity index (χ0v) is 15.7. The molecule has 0 aliphatic rings. The molecule has 1 unspecified atom stereocenters. The zero-order chi connectivity index (χ0) is 18.0. The van der Waals surface area contributed by atoms with Gasteiger partial charge in [-0.1, -0.05) is 30.3 Å². The maximum atomic E-state index is 12.6. The summed E-state index contributed by atoms with van der Waals surface area (Å²) in [6.45, 7) is 7.36. The molecule has 0 aromatic heterocycles. The number of benzene rings is 1. The third-order valence-electron chi connectivity index (χ3n) is 3.42. The standard InChI is InChI=1S/C17H27O6P/c1-5-22-24(19,23-6-2)15(4)17(18)14(3)21-13-20-12-16-10-8-7-9-11-16/h7-11,14-15H,5-6,12-13H2,1-4H3/t14-,15?/m1/s1. The molecule has 1 aromatic rings. The first-order valence-electron chi connectivity index (χ1n) is 8.10. The fourth-order valence-electron chi connectivity index (χ4n) is 2.08.